The van der Waals surface area contributed by atoms with Crippen molar-refractivity contribution in [2.75, 3.05) is 24.7 Å². The van der Waals surface area contributed by atoms with Gasteiger partial charge in [-0.2, -0.15) is 11.8 Å². The topological polar surface area (TPSA) is 78.9 Å². The van der Waals surface area contributed by atoms with Gasteiger partial charge in [-0.15, -0.1) is 0 Å². The summed E-state index contributed by atoms with van der Waals surface area (Å²) in [5.41, 5.74) is 0. The van der Waals surface area contributed by atoms with Gasteiger partial charge >= 0.3 is 11.9 Å². The number of rotatable bonds is 6. The van der Waals surface area contributed by atoms with Crippen molar-refractivity contribution in [2.24, 2.45) is 0 Å². The van der Waals surface area contributed by atoms with Crippen LogP contribution in [0.4, 0.5) is 0 Å². The van der Waals surface area contributed by atoms with Crippen molar-refractivity contribution in [1.82, 2.24) is 0 Å². The second kappa shape index (κ2) is 8.08. The number of ether oxygens (including phenoxy) is 3. The van der Waals surface area contributed by atoms with E-state index in [0.717, 1.165) is 5.75 Å². The number of carbonyl (C=O) groups excluding carboxylic acids is 3. The molecule has 0 aromatic rings. The number of aldehydes is 1. The second-order valence-corrected chi connectivity index (χ2v) is 4.40. The lowest BCUT2D eigenvalue weighted by Crippen LogP contribution is -2.28. The van der Waals surface area contributed by atoms with E-state index in [2.05, 4.69) is 4.74 Å². The normalized spacial score (nSPS) is 19.4. The molecule has 1 atom stereocenters. The molecule has 0 aromatic carbocycles. The van der Waals surface area contributed by atoms with Crippen LogP contribution in [0.1, 0.15) is 12.8 Å². The number of esters is 2. The van der Waals surface area contributed by atoms with Gasteiger partial charge in [0.15, 0.2) is 0 Å². The van der Waals surface area contributed by atoms with Crippen molar-refractivity contribution in [1.29, 1.82) is 0 Å². The zero-order chi connectivity index (χ0) is 12.5. The molecule has 1 heterocycles. The van der Waals surface area contributed by atoms with E-state index in [-0.39, 0.29) is 25.3 Å². The number of hydrogen-bond acceptors (Lipinski definition) is 7. The molecule has 1 unspecified atom stereocenters. The van der Waals surface area contributed by atoms with Gasteiger partial charge in [-0.05, 0) is 6.42 Å². The molecule has 1 aliphatic heterocycles. The van der Waals surface area contributed by atoms with Crippen LogP contribution in [0.25, 0.3) is 0 Å². The van der Waals surface area contributed by atoms with Crippen molar-refractivity contribution in [3.05, 3.63) is 0 Å². The Bertz CT molecular complexity index is 274. The summed E-state index contributed by atoms with van der Waals surface area (Å²) in [4.78, 5) is 31.7. The summed E-state index contributed by atoms with van der Waals surface area (Å²) in [7, 11) is 0. The van der Waals surface area contributed by atoms with Crippen molar-refractivity contribution in [3.63, 3.8) is 0 Å². The Morgan fingerprint density at radius 2 is 2.29 bits per heavy atom. The Morgan fingerprint density at radius 1 is 1.47 bits per heavy atom. The van der Waals surface area contributed by atoms with E-state index in [9.17, 15) is 14.4 Å². The van der Waals surface area contributed by atoms with Gasteiger partial charge in [-0.1, -0.05) is 0 Å². The van der Waals surface area contributed by atoms with Crippen molar-refractivity contribution in [3.8, 4) is 0 Å². The molecule has 0 aliphatic carbocycles. The van der Waals surface area contributed by atoms with E-state index in [1.54, 1.807) is 11.8 Å². The lowest BCUT2D eigenvalue weighted by Gasteiger charge is -2.21. The minimum absolute atomic E-state index is 0.0347. The molecule has 1 aliphatic rings. The van der Waals surface area contributed by atoms with Gasteiger partial charge in [-0.3, -0.25) is 9.59 Å². The van der Waals surface area contributed by atoms with Gasteiger partial charge in [0.25, 0.3) is 0 Å². The summed E-state index contributed by atoms with van der Waals surface area (Å²) in [6, 6.07) is 0. The maximum Gasteiger partial charge on any atom is 0.371 e. The third-order valence-corrected chi connectivity index (χ3v) is 2.88. The van der Waals surface area contributed by atoms with Crippen LogP contribution >= 0.6 is 11.8 Å². The Labute approximate surface area is 103 Å². The molecule has 0 aromatic heterocycles. The lowest BCUT2D eigenvalue weighted by atomic mass is 10.3. The van der Waals surface area contributed by atoms with Crippen LogP contribution in [0.5, 0.6) is 0 Å². The van der Waals surface area contributed by atoms with Crippen LogP contribution in [-0.4, -0.2) is 49.2 Å². The van der Waals surface area contributed by atoms with E-state index in [0.29, 0.717) is 18.8 Å². The predicted molar refractivity (Wildman–Crippen MR) is 59.4 cm³/mol. The van der Waals surface area contributed by atoms with Crippen LogP contribution in [0.2, 0.25) is 0 Å². The molecule has 1 rings (SSSR count). The predicted octanol–water partition coefficient (Wildman–Crippen LogP) is 0.141. The van der Waals surface area contributed by atoms with Crippen LogP contribution < -0.4 is 0 Å². The van der Waals surface area contributed by atoms with Gasteiger partial charge in [0.2, 0.25) is 12.6 Å². The largest absolute Gasteiger partial charge is 0.460 e. The summed E-state index contributed by atoms with van der Waals surface area (Å²) in [5.74, 6) is 0.242. The van der Waals surface area contributed by atoms with Gasteiger partial charge < -0.3 is 14.2 Å². The molecule has 0 spiro atoms. The average molecular weight is 262 g/mol. The van der Waals surface area contributed by atoms with E-state index in [4.69, 9.17) is 9.47 Å². The molecular formula is C10H14O6S. The molecule has 0 radical (unpaired) electrons. The first kappa shape index (κ1) is 14.0. The minimum Gasteiger partial charge on any atom is -0.460 e. The first-order chi connectivity index (χ1) is 8.22. The third-order valence-electron chi connectivity index (χ3n) is 1.91. The van der Waals surface area contributed by atoms with Crippen LogP contribution in [0, 0.1) is 0 Å². The molecular weight excluding hydrogens is 248 g/mol. The van der Waals surface area contributed by atoms with Crippen molar-refractivity contribution < 1.29 is 28.6 Å². The summed E-state index contributed by atoms with van der Waals surface area (Å²) < 4.78 is 14.7. The lowest BCUT2D eigenvalue weighted by molar-refractivity contribution is -0.174. The minimum atomic E-state index is -0.926. The third kappa shape index (κ3) is 6.28. The number of hydrogen-bond donors (Lipinski definition) is 0. The molecule has 1 fully saturated rings. The highest BCUT2D eigenvalue weighted by Gasteiger charge is 2.18. The van der Waals surface area contributed by atoms with E-state index in [1.165, 1.54) is 0 Å². The maximum absolute atomic E-state index is 11.3. The molecule has 0 amide bonds. The highest BCUT2D eigenvalue weighted by atomic mass is 32.2. The van der Waals surface area contributed by atoms with Crippen molar-refractivity contribution in [2.45, 2.75) is 19.1 Å². The molecule has 0 N–H and O–H groups in total. The van der Waals surface area contributed by atoms with Gasteiger partial charge in [0.1, 0.15) is 0 Å². The van der Waals surface area contributed by atoms with E-state index >= 15 is 0 Å². The summed E-state index contributed by atoms with van der Waals surface area (Å²) in [6.07, 6.45) is 0.0825. The molecule has 96 valence electrons. The first-order valence-electron chi connectivity index (χ1n) is 5.23. The fourth-order valence-corrected chi connectivity index (χ4v) is 1.90. The zero-order valence-electron chi connectivity index (χ0n) is 9.26. The average Bonchev–Trinajstić information content (AvgIpc) is 2.35. The highest BCUT2D eigenvalue weighted by Crippen LogP contribution is 2.14. The molecule has 0 saturated carbocycles. The fraction of sp³-hybridized carbons (Fsp3) is 0.700. The SMILES string of the molecule is O=CC(=O)OCCCC(=O)OC1CSCCO1. The quantitative estimate of drug-likeness (QED) is 0.291. The van der Waals surface area contributed by atoms with Crippen LogP contribution in [0.15, 0.2) is 0 Å². The Hall–Kier alpha value is -1.08. The zero-order valence-corrected chi connectivity index (χ0v) is 10.1. The summed E-state index contributed by atoms with van der Waals surface area (Å²) in [6.45, 7) is 0.618. The van der Waals surface area contributed by atoms with Crippen molar-refractivity contribution >= 4 is 30.0 Å². The Morgan fingerprint density at radius 3 is 2.94 bits per heavy atom. The monoisotopic (exact) mass is 262 g/mol. The molecule has 7 heteroatoms. The maximum atomic E-state index is 11.3. The van der Waals surface area contributed by atoms with E-state index < -0.39 is 12.3 Å². The smallest absolute Gasteiger partial charge is 0.371 e. The van der Waals surface area contributed by atoms with Gasteiger partial charge in [-0.25, -0.2) is 4.79 Å². The molecule has 6 nitrogen and oxygen atoms in total. The highest BCUT2D eigenvalue weighted by molar-refractivity contribution is 7.99. The Balaban J connectivity index is 2.04. The standard InChI is InChI=1S/C10H14O6S/c11-6-9(13)14-3-1-2-8(12)16-10-7-17-5-4-15-10/h6,10H,1-5,7H2. The number of carbonyl (C=O) groups is 3. The fourth-order valence-electron chi connectivity index (χ4n) is 1.16. The second-order valence-electron chi connectivity index (χ2n) is 3.25. The Kier molecular flexibility index (Phi) is 6.64. The molecule has 0 bridgehead atoms. The van der Waals surface area contributed by atoms with Gasteiger partial charge in [0, 0.05) is 12.2 Å². The summed E-state index contributed by atoms with van der Waals surface area (Å²) >= 11 is 1.67. The van der Waals surface area contributed by atoms with Gasteiger partial charge in [0.05, 0.1) is 19.0 Å². The first-order valence-corrected chi connectivity index (χ1v) is 6.38. The number of thioether (sulfide) groups is 1. The summed E-state index contributed by atoms with van der Waals surface area (Å²) in [5, 5.41) is 0. The van der Waals surface area contributed by atoms with Crippen LogP contribution in [-0.2, 0) is 28.6 Å². The molecule has 17 heavy (non-hydrogen) atoms. The molecule has 1 saturated heterocycles. The van der Waals surface area contributed by atoms with E-state index in [1.807, 2.05) is 0 Å². The van der Waals surface area contributed by atoms with Crippen LogP contribution in [0.3, 0.4) is 0 Å².